The van der Waals surface area contributed by atoms with Gasteiger partial charge in [-0.2, -0.15) is 0 Å². The SMILES string of the molecule is COc1ccc(C2(N3CC4(COC4)C3)COC2)cc1. The van der Waals surface area contributed by atoms with Crippen LogP contribution in [0.2, 0.25) is 0 Å². The predicted molar refractivity (Wildman–Crippen MR) is 70.3 cm³/mol. The fraction of sp³-hybridized carbons (Fsp3) is 0.600. The van der Waals surface area contributed by atoms with E-state index in [1.165, 1.54) is 5.56 Å². The minimum Gasteiger partial charge on any atom is -0.497 e. The number of benzene rings is 1. The van der Waals surface area contributed by atoms with E-state index in [0.29, 0.717) is 5.41 Å². The Morgan fingerprint density at radius 1 is 1.00 bits per heavy atom. The second kappa shape index (κ2) is 3.95. The van der Waals surface area contributed by atoms with E-state index in [-0.39, 0.29) is 5.54 Å². The van der Waals surface area contributed by atoms with Crippen molar-refractivity contribution in [2.45, 2.75) is 5.54 Å². The Labute approximate surface area is 113 Å². The zero-order valence-electron chi connectivity index (χ0n) is 11.2. The van der Waals surface area contributed by atoms with Gasteiger partial charge < -0.3 is 14.2 Å². The first-order valence-corrected chi connectivity index (χ1v) is 6.82. The lowest BCUT2D eigenvalue weighted by Crippen LogP contribution is -2.74. The summed E-state index contributed by atoms with van der Waals surface area (Å²) in [5, 5.41) is 0. The number of ether oxygens (including phenoxy) is 3. The van der Waals surface area contributed by atoms with E-state index in [1.54, 1.807) is 7.11 Å². The zero-order chi connectivity index (χ0) is 12.9. The van der Waals surface area contributed by atoms with Crippen molar-refractivity contribution in [1.29, 1.82) is 0 Å². The predicted octanol–water partition coefficient (Wildman–Crippen LogP) is 1.25. The lowest BCUT2D eigenvalue weighted by molar-refractivity contribution is -0.257. The molecule has 1 spiro atoms. The molecule has 0 unspecified atom stereocenters. The molecule has 3 aliphatic rings. The third-order valence-corrected chi connectivity index (χ3v) is 4.78. The molecule has 0 atom stereocenters. The van der Waals surface area contributed by atoms with Crippen molar-refractivity contribution in [3.05, 3.63) is 29.8 Å². The molecule has 0 amide bonds. The topological polar surface area (TPSA) is 30.9 Å². The van der Waals surface area contributed by atoms with E-state index in [9.17, 15) is 0 Å². The van der Waals surface area contributed by atoms with Gasteiger partial charge in [0.25, 0.3) is 0 Å². The van der Waals surface area contributed by atoms with Crippen LogP contribution in [0.3, 0.4) is 0 Å². The molecular formula is C15H19NO3. The smallest absolute Gasteiger partial charge is 0.118 e. The van der Waals surface area contributed by atoms with Crippen molar-refractivity contribution in [3.63, 3.8) is 0 Å². The molecule has 0 aliphatic carbocycles. The summed E-state index contributed by atoms with van der Waals surface area (Å²) < 4.78 is 16.1. The molecule has 0 bridgehead atoms. The average molecular weight is 261 g/mol. The van der Waals surface area contributed by atoms with Crippen molar-refractivity contribution in [3.8, 4) is 5.75 Å². The molecule has 0 N–H and O–H groups in total. The highest BCUT2D eigenvalue weighted by Gasteiger charge is 2.58. The van der Waals surface area contributed by atoms with Crippen LogP contribution in [0.1, 0.15) is 5.56 Å². The molecule has 3 heterocycles. The minimum atomic E-state index is 0.0904. The van der Waals surface area contributed by atoms with Crippen molar-refractivity contribution in [2.24, 2.45) is 5.41 Å². The molecule has 19 heavy (non-hydrogen) atoms. The molecule has 0 aromatic heterocycles. The summed E-state index contributed by atoms with van der Waals surface area (Å²) in [6, 6.07) is 8.42. The summed E-state index contributed by atoms with van der Waals surface area (Å²) in [4.78, 5) is 2.56. The van der Waals surface area contributed by atoms with Gasteiger partial charge in [-0.3, -0.25) is 4.90 Å². The summed E-state index contributed by atoms with van der Waals surface area (Å²) in [5.41, 5.74) is 1.89. The van der Waals surface area contributed by atoms with Crippen molar-refractivity contribution >= 4 is 0 Å². The zero-order valence-corrected chi connectivity index (χ0v) is 11.2. The van der Waals surface area contributed by atoms with Crippen molar-refractivity contribution < 1.29 is 14.2 Å². The van der Waals surface area contributed by atoms with Gasteiger partial charge in [-0.1, -0.05) is 12.1 Å². The highest BCUT2D eigenvalue weighted by atomic mass is 16.5. The molecule has 3 aliphatic heterocycles. The van der Waals surface area contributed by atoms with Crippen molar-refractivity contribution in [2.75, 3.05) is 46.6 Å². The van der Waals surface area contributed by atoms with Crippen molar-refractivity contribution in [1.82, 2.24) is 4.90 Å². The van der Waals surface area contributed by atoms with E-state index in [0.717, 1.165) is 45.3 Å². The maximum absolute atomic E-state index is 5.52. The van der Waals surface area contributed by atoms with Crippen LogP contribution in [0.25, 0.3) is 0 Å². The van der Waals surface area contributed by atoms with Gasteiger partial charge in [-0.05, 0) is 17.7 Å². The molecule has 4 rings (SSSR count). The molecule has 3 fully saturated rings. The maximum atomic E-state index is 5.52. The number of hydrogen-bond acceptors (Lipinski definition) is 4. The summed E-state index contributed by atoms with van der Waals surface area (Å²) in [7, 11) is 1.70. The quantitative estimate of drug-likeness (QED) is 0.819. The highest BCUT2D eigenvalue weighted by Crippen LogP contribution is 2.47. The van der Waals surface area contributed by atoms with Gasteiger partial charge in [-0.15, -0.1) is 0 Å². The Morgan fingerprint density at radius 3 is 2.05 bits per heavy atom. The lowest BCUT2D eigenvalue weighted by Gasteiger charge is -2.63. The van der Waals surface area contributed by atoms with Gasteiger partial charge in [0.1, 0.15) is 5.75 Å². The summed E-state index contributed by atoms with van der Waals surface area (Å²) in [6.45, 7) is 5.75. The normalized spacial score (nSPS) is 27.2. The molecule has 0 radical (unpaired) electrons. The van der Waals surface area contributed by atoms with Crippen LogP contribution >= 0.6 is 0 Å². The molecule has 3 saturated heterocycles. The molecule has 1 aromatic rings. The number of rotatable bonds is 3. The molecular weight excluding hydrogens is 242 g/mol. The minimum absolute atomic E-state index is 0.0904. The Hall–Kier alpha value is -1.10. The van der Waals surface area contributed by atoms with Gasteiger partial charge >= 0.3 is 0 Å². The fourth-order valence-electron chi connectivity index (χ4n) is 3.37. The number of hydrogen-bond donors (Lipinski definition) is 0. The molecule has 4 nitrogen and oxygen atoms in total. The first-order valence-electron chi connectivity index (χ1n) is 6.82. The van der Waals surface area contributed by atoms with Gasteiger partial charge in [0.05, 0.1) is 39.1 Å². The number of likely N-dealkylation sites (tertiary alicyclic amines) is 1. The molecule has 102 valence electrons. The van der Waals surface area contributed by atoms with E-state index in [1.807, 2.05) is 12.1 Å². The fourth-order valence-corrected chi connectivity index (χ4v) is 3.37. The molecule has 1 aromatic carbocycles. The van der Waals surface area contributed by atoms with Crippen LogP contribution in [0.15, 0.2) is 24.3 Å². The third kappa shape index (κ3) is 1.57. The Bertz CT molecular complexity index is 469. The van der Waals surface area contributed by atoms with Crippen LogP contribution in [-0.2, 0) is 15.0 Å². The third-order valence-electron chi connectivity index (χ3n) is 4.78. The van der Waals surface area contributed by atoms with Crippen LogP contribution in [0, 0.1) is 5.41 Å². The Balaban J connectivity index is 1.55. The average Bonchev–Trinajstić information content (AvgIpc) is 2.29. The van der Waals surface area contributed by atoms with Crippen LogP contribution in [0.5, 0.6) is 5.75 Å². The standard InChI is InChI=1S/C15H19NO3/c1-17-13-4-2-12(3-5-13)15(10-19-11-15)16-6-14(7-16)8-18-9-14/h2-5H,6-11H2,1H3. The van der Waals surface area contributed by atoms with Gasteiger partial charge in [0.15, 0.2) is 0 Å². The second-order valence-corrected chi connectivity index (χ2v) is 6.10. The monoisotopic (exact) mass is 261 g/mol. The molecule has 0 saturated carbocycles. The molecule has 4 heteroatoms. The number of methoxy groups -OCH3 is 1. The summed E-state index contributed by atoms with van der Waals surface area (Å²) in [6.07, 6.45) is 0. The maximum Gasteiger partial charge on any atom is 0.118 e. The van der Waals surface area contributed by atoms with E-state index in [4.69, 9.17) is 14.2 Å². The van der Waals surface area contributed by atoms with Gasteiger partial charge in [0.2, 0.25) is 0 Å². The largest absolute Gasteiger partial charge is 0.497 e. The lowest BCUT2D eigenvalue weighted by atomic mass is 9.72. The number of nitrogens with zero attached hydrogens (tertiary/aromatic N) is 1. The Morgan fingerprint density at radius 2 is 1.63 bits per heavy atom. The summed E-state index contributed by atoms with van der Waals surface area (Å²) in [5.74, 6) is 0.909. The van der Waals surface area contributed by atoms with E-state index >= 15 is 0 Å². The van der Waals surface area contributed by atoms with E-state index in [2.05, 4.69) is 17.0 Å². The van der Waals surface area contributed by atoms with Crippen LogP contribution in [0.4, 0.5) is 0 Å². The second-order valence-electron chi connectivity index (χ2n) is 6.10. The highest BCUT2D eigenvalue weighted by molar-refractivity contribution is 5.34. The summed E-state index contributed by atoms with van der Waals surface area (Å²) >= 11 is 0. The van der Waals surface area contributed by atoms with Gasteiger partial charge in [0, 0.05) is 18.5 Å². The first-order chi connectivity index (χ1) is 9.26. The first kappa shape index (κ1) is 11.7. The van der Waals surface area contributed by atoms with Crippen LogP contribution < -0.4 is 4.74 Å². The Kier molecular flexibility index (Phi) is 2.43. The van der Waals surface area contributed by atoms with E-state index < -0.39 is 0 Å². The van der Waals surface area contributed by atoms with Gasteiger partial charge in [-0.25, -0.2) is 0 Å². The van der Waals surface area contributed by atoms with Crippen LogP contribution in [-0.4, -0.2) is 51.5 Å².